The summed E-state index contributed by atoms with van der Waals surface area (Å²) in [5.74, 6) is 1.01. The molecule has 2 aromatic rings. The highest BCUT2D eigenvalue weighted by Gasteiger charge is 2.19. The molecule has 6 nitrogen and oxygen atoms in total. The van der Waals surface area contributed by atoms with Gasteiger partial charge in [0.1, 0.15) is 17.9 Å². The number of carbonyl (C=O) groups excluding carboxylic acids is 1. The molecular weight excluding hydrogens is 292 g/mol. The maximum atomic E-state index is 10.7. The van der Waals surface area contributed by atoms with Gasteiger partial charge in [-0.1, -0.05) is 18.6 Å². The number of primary amides is 1. The summed E-state index contributed by atoms with van der Waals surface area (Å²) < 4.78 is 0. The Kier molecular flexibility index (Phi) is 6.50. The maximum Gasteiger partial charge on any atom is 0.217 e. The highest BCUT2D eigenvalue weighted by atomic mass is 16.3. The van der Waals surface area contributed by atoms with Crippen LogP contribution in [-0.2, 0) is 4.79 Å². The molecule has 2 rings (SSSR count). The van der Waals surface area contributed by atoms with Crippen LogP contribution < -0.4 is 10.6 Å². The van der Waals surface area contributed by atoms with Gasteiger partial charge in [-0.25, -0.2) is 9.97 Å². The first-order valence-corrected chi connectivity index (χ1v) is 7.76. The molecule has 0 aliphatic rings. The Labute approximate surface area is 136 Å². The van der Waals surface area contributed by atoms with Crippen LogP contribution in [0.5, 0.6) is 0 Å². The van der Waals surface area contributed by atoms with Crippen molar-refractivity contribution in [2.45, 2.75) is 38.3 Å². The molecule has 0 spiro atoms. The first kappa shape index (κ1) is 16.9. The molecule has 1 atom stereocenters. The van der Waals surface area contributed by atoms with Crippen LogP contribution in [0, 0.1) is 0 Å². The van der Waals surface area contributed by atoms with E-state index in [1.54, 1.807) is 17.3 Å². The maximum absolute atomic E-state index is 10.7. The molecule has 23 heavy (non-hydrogen) atoms. The minimum atomic E-state index is -0.728. The van der Waals surface area contributed by atoms with Crippen molar-refractivity contribution >= 4 is 17.5 Å². The average molecular weight is 314 g/mol. The van der Waals surface area contributed by atoms with Gasteiger partial charge in [-0.15, -0.1) is 0 Å². The molecule has 0 saturated carbocycles. The normalized spacial score (nSPS) is 11.9. The van der Waals surface area contributed by atoms with Crippen LogP contribution in [0.25, 0.3) is 0 Å². The van der Waals surface area contributed by atoms with Gasteiger partial charge in [-0.2, -0.15) is 0 Å². The van der Waals surface area contributed by atoms with E-state index in [0.717, 1.165) is 19.3 Å². The van der Waals surface area contributed by atoms with Crippen LogP contribution in [0.1, 0.15) is 32.1 Å². The standard InChI is InChI=1S/C17H22N4O2/c18-14(22)8-2-1-3-11-17(23)21(15-9-4-6-12-19-15)16-10-5-7-13-20-16/h4-7,9-10,12-13,17,23H,1-3,8,11H2,(H2,18,22). The zero-order chi connectivity index (χ0) is 16.5. The van der Waals surface area contributed by atoms with Crippen molar-refractivity contribution in [2.75, 3.05) is 4.90 Å². The van der Waals surface area contributed by atoms with Crippen molar-refractivity contribution in [3.05, 3.63) is 48.8 Å². The van der Waals surface area contributed by atoms with Gasteiger partial charge in [-0.3, -0.25) is 9.69 Å². The number of unbranched alkanes of at least 4 members (excludes halogenated alkanes) is 2. The molecule has 0 bridgehead atoms. The number of hydrogen-bond acceptors (Lipinski definition) is 5. The van der Waals surface area contributed by atoms with Gasteiger partial charge in [0, 0.05) is 18.8 Å². The van der Waals surface area contributed by atoms with Crippen molar-refractivity contribution in [1.29, 1.82) is 0 Å². The second kappa shape index (κ2) is 8.85. The predicted molar refractivity (Wildman–Crippen MR) is 88.9 cm³/mol. The quantitative estimate of drug-likeness (QED) is 0.547. The number of aliphatic hydroxyl groups excluding tert-OH is 1. The van der Waals surface area contributed by atoms with E-state index in [1.807, 2.05) is 36.4 Å². The molecule has 122 valence electrons. The van der Waals surface area contributed by atoms with Gasteiger partial charge in [0.25, 0.3) is 0 Å². The summed E-state index contributed by atoms with van der Waals surface area (Å²) in [4.78, 5) is 21.1. The van der Waals surface area contributed by atoms with Crippen molar-refractivity contribution < 1.29 is 9.90 Å². The smallest absolute Gasteiger partial charge is 0.217 e. The highest BCUT2D eigenvalue weighted by Crippen LogP contribution is 2.25. The summed E-state index contributed by atoms with van der Waals surface area (Å²) >= 11 is 0. The lowest BCUT2D eigenvalue weighted by molar-refractivity contribution is -0.118. The minimum Gasteiger partial charge on any atom is -0.373 e. The fourth-order valence-corrected chi connectivity index (χ4v) is 2.35. The molecule has 3 N–H and O–H groups in total. The molecule has 2 aromatic heterocycles. The van der Waals surface area contributed by atoms with E-state index in [4.69, 9.17) is 5.73 Å². The fraction of sp³-hybridized carbons (Fsp3) is 0.353. The Bertz CT molecular complexity index is 553. The molecule has 0 saturated heterocycles. The average Bonchev–Trinajstić information content (AvgIpc) is 2.56. The third-order valence-electron chi connectivity index (χ3n) is 3.48. The van der Waals surface area contributed by atoms with Crippen molar-refractivity contribution in [3.8, 4) is 0 Å². The number of carbonyl (C=O) groups is 1. The lowest BCUT2D eigenvalue weighted by Gasteiger charge is -2.28. The first-order valence-electron chi connectivity index (χ1n) is 7.76. The lowest BCUT2D eigenvalue weighted by Crippen LogP contribution is -2.32. The summed E-state index contributed by atoms with van der Waals surface area (Å²) in [6.45, 7) is 0. The predicted octanol–water partition coefficient (Wildman–Crippen LogP) is 2.37. The highest BCUT2D eigenvalue weighted by molar-refractivity contribution is 5.73. The second-order valence-corrected chi connectivity index (χ2v) is 5.29. The van der Waals surface area contributed by atoms with Crippen LogP contribution in [0.4, 0.5) is 11.6 Å². The lowest BCUT2D eigenvalue weighted by atomic mass is 10.1. The summed E-state index contributed by atoms with van der Waals surface area (Å²) in [5.41, 5.74) is 5.12. The van der Waals surface area contributed by atoms with E-state index in [1.165, 1.54) is 0 Å². The number of nitrogens with zero attached hydrogens (tertiary/aromatic N) is 3. The molecule has 0 aliphatic carbocycles. The Morgan fingerprint density at radius 2 is 1.65 bits per heavy atom. The minimum absolute atomic E-state index is 0.283. The molecule has 0 aliphatic heterocycles. The van der Waals surface area contributed by atoms with E-state index in [0.29, 0.717) is 24.5 Å². The van der Waals surface area contributed by atoms with E-state index >= 15 is 0 Å². The molecular formula is C17H22N4O2. The number of pyridine rings is 2. The molecule has 0 fully saturated rings. The summed E-state index contributed by atoms with van der Waals surface area (Å²) in [6, 6.07) is 11.1. The largest absolute Gasteiger partial charge is 0.373 e. The number of aromatic nitrogens is 2. The van der Waals surface area contributed by atoms with Crippen molar-refractivity contribution in [3.63, 3.8) is 0 Å². The number of anilines is 2. The van der Waals surface area contributed by atoms with Gasteiger partial charge in [-0.05, 0) is 43.5 Å². The first-order chi connectivity index (χ1) is 11.2. The number of nitrogens with two attached hydrogens (primary N) is 1. The van der Waals surface area contributed by atoms with E-state index in [-0.39, 0.29) is 5.91 Å². The molecule has 0 radical (unpaired) electrons. The van der Waals surface area contributed by atoms with Crippen molar-refractivity contribution in [2.24, 2.45) is 5.73 Å². The Balaban J connectivity index is 2.01. The fourth-order valence-electron chi connectivity index (χ4n) is 2.35. The number of rotatable bonds is 9. The SMILES string of the molecule is NC(=O)CCCCCC(O)N(c1ccccn1)c1ccccn1. The van der Waals surface area contributed by atoms with Crippen LogP contribution in [0.15, 0.2) is 48.8 Å². The number of amides is 1. The number of aliphatic hydroxyl groups is 1. The molecule has 6 heteroatoms. The molecule has 2 heterocycles. The zero-order valence-corrected chi connectivity index (χ0v) is 13.0. The summed E-state index contributed by atoms with van der Waals surface area (Å²) in [7, 11) is 0. The summed E-state index contributed by atoms with van der Waals surface area (Å²) in [5, 5.41) is 10.6. The second-order valence-electron chi connectivity index (χ2n) is 5.29. The van der Waals surface area contributed by atoms with E-state index in [2.05, 4.69) is 9.97 Å². The zero-order valence-electron chi connectivity index (χ0n) is 13.0. The van der Waals surface area contributed by atoms with Gasteiger partial charge >= 0.3 is 0 Å². The van der Waals surface area contributed by atoms with Gasteiger partial charge in [0.2, 0.25) is 5.91 Å². The van der Waals surface area contributed by atoms with Crippen LogP contribution in [0.2, 0.25) is 0 Å². The topological polar surface area (TPSA) is 92.3 Å². The molecule has 0 aromatic carbocycles. The monoisotopic (exact) mass is 314 g/mol. The third-order valence-corrected chi connectivity index (χ3v) is 3.48. The third kappa shape index (κ3) is 5.34. The van der Waals surface area contributed by atoms with Crippen LogP contribution in [-0.4, -0.2) is 27.2 Å². The Morgan fingerprint density at radius 3 is 2.13 bits per heavy atom. The summed E-state index contributed by atoms with van der Waals surface area (Å²) in [6.07, 6.45) is 5.98. The molecule has 1 unspecified atom stereocenters. The van der Waals surface area contributed by atoms with E-state index in [9.17, 15) is 9.90 Å². The van der Waals surface area contributed by atoms with Gasteiger partial charge in [0.05, 0.1) is 0 Å². The Hall–Kier alpha value is -2.47. The van der Waals surface area contributed by atoms with Gasteiger partial charge < -0.3 is 10.8 Å². The van der Waals surface area contributed by atoms with Gasteiger partial charge in [0.15, 0.2) is 0 Å². The van der Waals surface area contributed by atoms with Crippen molar-refractivity contribution in [1.82, 2.24) is 9.97 Å². The van der Waals surface area contributed by atoms with Crippen LogP contribution in [0.3, 0.4) is 0 Å². The van der Waals surface area contributed by atoms with E-state index < -0.39 is 6.23 Å². The Morgan fingerprint density at radius 1 is 1.04 bits per heavy atom. The van der Waals surface area contributed by atoms with Crippen LogP contribution >= 0.6 is 0 Å². The molecule has 1 amide bonds. The number of hydrogen-bond donors (Lipinski definition) is 2.